The van der Waals surface area contributed by atoms with Crippen molar-refractivity contribution in [2.24, 2.45) is 11.3 Å². The maximum Gasteiger partial charge on any atom is 0.331 e. The van der Waals surface area contributed by atoms with Gasteiger partial charge in [-0.25, -0.2) is 4.79 Å². The smallest absolute Gasteiger partial charge is 0.331 e. The lowest BCUT2D eigenvalue weighted by molar-refractivity contribution is -0.134. The summed E-state index contributed by atoms with van der Waals surface area (Å²) in [5, 5.41) is 10.3. The summed E-state index contributed by atoms with van der Waals surface area (Å²) in [6.45, 7) is 9.69. The molecule has 4 rings (SSSR count). The quantitative estimate of drug-likeness (QED) is 0.577. The van der Waals surface area contributed by atoms with E-state index in [0.717, 1.165) is 63.9 Å². The number of esters is 1. The number of aliphatic hydroxyl groups is 1. The van der Waals surface area contributed by atoms with Gasteiger partial charge in [0.15, 0.2) is 0 Å². The third-order valence-electron chi connectivity index (χ3n) is 7.29. The summed E-state index contributed by atoms with van der Waals surface area (Å²) in [4.78, 5) is 16.3. The highest BCUT2D eigenvalue weighted by Crippen LogP contribution is 2.49. The van der Waals surface area contributed by atoms with E-state index in [1.165, 1.54) is 18.8 Å². The fourth-order valence-electron chi connectivity index (χ4n) is 5.41. The number of methoxy groups -OCH3 is 1. The first kappa shape index (κ1) is 21.7. The van der Waals surface area contributed by atoms with Gasteiger partial charge in [-0.3, -0.25) is 0 Å². The summed E-state index contributed by atoms with van der Waals surface area (Å²) < 4.78 is 4.76. The molecule has 3 fully saturated rings. The molecular weight excluding hydrogens is 364 g/mol. The number of aliphatic hydroxyl groups excluding tert-OH is 1. The van der Waals surface area contributed by atoms with Gasteiger partial charge in [0.25, 0.3) is 0 Å². The Hall–Kier alpha value is -2.01. The van der Waals surface area contributed by atoms with Crippen LogP contribution in [0.25, 0.3) is 0 Å². The van der Waals surface area contributed by atoms with Crippen LogP contribution < -0.4 is 0 Å². The van der Waals surface area contributed by atoms with Crippen LogP contribution in [0.2, 0.25) is 0 Å². The Morgan fingerprint density at radius 3 is 2.93 bits per heavy atom. The molecule has 0 aromatic carbocycles. The molecular formula is C24H36N2O3. The largest absolute Gasteiger partial charge is 0.466 e. The van der Waals surface area contributed by atoms with Crippen molar-refractivity contribution in [2.75, 3.05) is 33.4 Å². The number of hydrogen-bond acceptors (Lipinski definition) is 5. The number of carbonyl (C=O) groups excluding carboxylic acids is 1. The number of fused-ring (bicyclic) bond motifs is 7. The Labute approximate surface area is 175 Å². The normalized spacial score (nSPS) is 30.6. The van der Waals surface area contributed by atoms with Crippen molar-refractivity contribution in [3.63, 3.8) is 0 Å². The molecule has 1 N–H and O–H groups in total. The Morgan fingerprint density at radius 2 is 2.21 bits per heavy atom. The molecule has 5 nitrogen and oxygen atoms in total. The Balaban J connectivity index is 1.90. The zero-order chi connectivity index (χ0) is 20.9. The summed E-state index contributed by atoms with van der Waals surface area (Å²) in [7, 11) is 1.41. The average Bonchev–Trinajstić information content (AvgIpc) is 2.74. The van der Waals surface area contributed by atoms with Crippen LogP contribution in [0.1, 0.15) is 45.4 Å². The predicted molar refractivity (Wildman–Crippen MR) is 116 cm³/mol. The van der Waals surface area contributed by atoms with E-state index in [2.05, 4.69) is 41.5 Å². The topological polar surface area (TPSA) is 53.0 Å². The molecule has 0 aromatic rings. The van der Waals surface area contributed by atoms with Crippen LogP contribution in [0, 0.1) is 11.3 Å². The van der Waals surface area contributed by atoms with Crippen molar-refractivity contribution in [3.8, 4) is 0 Å². The monoisotopic (exact) mass is 400 g/mol. The van der Waals surface area contributed by atoms with Crippen molar-refractivity contribution in [1.82, 2.24) is 9.80 Å². The van der Waals surface area contributed by atoms with Crippen LogP contribution in [-0.2, 0) is 9.53 Å². The Bertz CT molecular complexity index is 696. The summed E-state index contributed by atoms with van der Waals surface area (Å²) in [5.41, 5.74) is 2.63. The van der Waals surface area contributed by atoms with Crippen molar-refractivity contribution >= 4 is 5.97 Å². The molecule has 3 saturated heterocycles. The van der Waals surface area contributed by atoms with Gasteiger partial charge in [0, 0.05) is 43.5 Å². The molecule has 5 heteroatoms. The van der Waals surface area contributed by atoms with Gasteiger partial charge in [-0.2, -0.15) is 0 Å². The molecule has 29 heavy (non-hydrogen) atoms. The molecule has 2 bridgehead atoms. The average molecular weight is 401 g/mol. The molecule has 0 amide bonds. The van der Waals surface area contributed by atoms with Gasteiger partial charge in [-0.05, 0) is 49.5 Å². The summed E-state index contributed by atoms with van der Waals surface area (Å²) in [6.07, 6.45) is 16.2. The molecule has 1 aliphatic carbocycles. The van der Waals surface area contributed by atoms with Crippen LogP contribution in [0.15, 0.2) is 48.4 Å². The van der Waals surface area contributed by atoms with E-state index in [-0.39, 0.29) is 23.9 Å². The van der Waals surface area contributed by atoms with Crippen molar-refractivity contribution in [2.45, 2.75) is 51.5 Å². The van der Waals surface area contributed by atoms with Gasteiger partial charge in [0.05, 0.1) is 19.8 Å². The second-order valence-corrected chi connectivity index (χ2v) is 8.54. The molecule has 0 spiro atoms. The predicted octanol–water partition coefficient (Wildman–Crippen LogP) is 3.64. The van der Waals surface area contributed by atoms with Gasteiger partial charge in [-0.15, -0.1) is 0 Å². The third-order valence-corrected chi connectivity index (χ3v) is 7.29. The molecule has 3 heterocycles. The maximum atomic E-state index is 11.6. The molecule has 3 aliphatic heterocycles. The lowest BCUT2D eigenvalue weighted by Gasteiger charge is -2.52. The zero-order valence-electron chi connectivity index (χ0n) is 18.0. The first-order valence-electron chi connectivity index (χ1n) is 11.0. The fraction of sp³-hybridized carbons (Fsp3) is 0.625. The van der Waals surface area contributed by atoms with Gasteiger partial charge in [0.1, 0.15) is 0 Å². The number of hydrogen-bond donors (Lipinski definition) is 1. The van der Waals surface area contributed by atoms with Crippen LogP contribution in [0.4, 0.5) is 0 Å². The minimum absolute atomic E-state index is 0.105. The van der Waals surface area contributed by atoms with Crippen LogP contribution >= 0.6 is 0 Å². The van der Waals surface area contributed by atoms with E-state index in [4.69, 9.17) is 4.74 Å². The number of allylic oxidation sites excluding steroid dienone is 2. The van der Waals surface area contributed by atoms with E-state index >= 15 is 0 Å². The number of ether oxygens (including phenoxy) is 1. The molecule has 3 atom stereocenters. The van der Waals surface area contributed by atoms with Gasteiger partial charge in [0.2, 0.25) is 0 Å². The molecule has 0 aromatic heterocycles. The van der Waals surface area contributed by atoms with Crippen molar-refractivity contribution < 1.29 is 14.6 Å². The lowest BCUT2D eigenvalue weighted by atomic mass is 9.64. The van der Waals surface area contributed by atoms with Crippen LogP contribution in [-0.4, -0.2) is 60.3 Å². The van der Waals surface area contributed by atoms with Gasteiger partial charge in [-0.1, -0.05) is 31.7 Å². The van der Waals surface area contributed by atoms with Crippen LogP contribution in [0.3, 0.4) is 0 Å². The third kappa shape index (κ3) is 4.61. The highest BCUT2D eigenvalue weighted by atomic mass is 16.5. The van der Waals surface area contributed by atoms with E-state index in [9.17, 15) is 9.90 Å². The first-order valence-corrected chi connectivity index (χ1v) is 11.0. The lowest BCUT2D eigenvalue weighted by Crippen LogP contribution is -2.51. The fourth-order valence-corrected chi connectivity index (χ4v) is 5.41. The summed E-state index contributed by atoms with van der Waals surface area (Å²) >= 11 is 0. The Morgan fingerprint density at radius 1 is 1.38 bits per heavy atom. The minimum Gasteiger partial charge on any atom is -0.466 e. The SMILES string of the molecule is C=C1C(CO)C2(CC)CCCN(/C=C/C(=O)OC)CCC3=CC=CCC3N1CC2. The molecule has 0 saturated carbocycles. The van der Waals surface area contributed by atoms with Crippen molar-refractivity contribution in [1.29, 1.82) is 0 Å². The molecule has 4 aliphatic rings. The van der Waals surface area contributed by atoms with E-state index in [1.807, 2.05) is 6.20 Å². The number of nitrogens with zero attached hydrogens (tertiary/aromatic N) is 2. The van der Waals surface area contributed by atoms with E-state index in [0.29, 0.717) is 6.04 Å². The standard InChI is InChI=1S/C24H36N2O3/c1-4-24-12-7-14-25(16-11-23(28)29-3)15-10-20-8-5-6-9-22(20)26(17-13-24)19(2)21(24)18-27/h5-6,8,11,16,21-22,27H,2,4,7,9-10,12-15,17-18H2,1,3H3/b16-11+. The number of rotatable bonds is 4. The van der Waals surface area contributed by atoms with E-state index in [1.54, 1.807) is 0 Å². The first-order chi connectivity index (χ1) is 14.0. The van der Waals surface area contributed by atoms with Crippen LogP contribution in [0.5, 0.6) is 0 Å². The summed E-state index contributed by atoms with van der Waals surface area (Å²) in [6, 6.07) is 0.322. The molecule has 3 unspecified atom stereocenters. The maximum absolute atomic E-state index is 11.6. The highest BCUT2D eigenvalue weighted by Gasteiger charge is 2.45. The highest BCUT2D eigenvalue weighted by molar-refractivity contribution is 5.81. The molecule has 0 radical (unpaired) electrons. The van der Waals surface area contributed by atoms with Gasteiger partial charge >= 0.3 is 5.97 Å². The van der Waals surface area contributed by atoms with Gasteiger partial charge < -0.3 is 19.6 Å². The van der Waals surface area contributed by atoms with E-state index < -0.39 is 0 Å². The number of carbonyl (C=O) groups is 1. The minimum atomic E-state index is -0.319. The molecule has 160 valence electrons. The second-order valence-electron chi connectivity index (χ2n) is 8.54. The zero-order valence-corrected chi connectivity index (χ0v) is 18.0. The second kappa shape index (κ2) is 9.66. The Kier molecular flexibility index (Phi) is 7.23. The summed E-state index contributed by atoms with van der Waals surface area (Å²) in [5.74, 6) is -0.201. The number of piperidine rings is 1. The van der Waals surface area contributed by atoms with Crippen molar-refractivity contribution in [3.05, 3.63) is 48.4 Å².